The Kier molecular flexibility index (Phi) is 5.35. The highest BCUT2D eigenvalue weighted by Gasteiger charge is 2.22. The van der Waals surface area contributed by atoms with Crippen molar-refractivity contribution in [1.29, 1.82) is 0 Å². The van der Waals surface area contributed by atoms with Crippen LogP contribution in [0.1, 0.15) is 25.7 Å². The summed E-state index contributed by atoms with van der Waals surface area (Å²) in [6, 6.07) is 7.63. The first kappa shape index (κ1) is 16.8. The number of likely N-dealkylation sites (tertiary alicyclic amines) is 1. The lowest BCUT2D eigenvalue weighted by atomic mass is 10.1. The molecule has 0 saturated carbocycles. The average Bonchev–Trinajstić information content (AvgIpc) is 3.01. The Balaban J connectivity index is 1.49. The SMILES string of the molecule is CN1CCC(NC(=O)COc2cccc(N3CCCC3=O)c2)CC1. The van der Waals surface area contributed by atoms with Gasteiger partial charge in [-0.05, 0) is 51.5 Å². The van der Waals surface area contributed by atoms with Crippen LogP contribution in [-0.2, 0) is 9.59 Å². The van der Waals surface area contributed by atoms with E-state index in [1.807, 2.05) is 24.3 Å². The van der Waals surface area contributed by atoms with Crippen molar-refractivity contribution in [2.75, 3.05) is 38.2 Å². The standard InChI is InChI=1S/C18H25N3O3/c1-20-10-7-14(8-11-20)19-17(22)13-24-16-5-2-4-15(12-16)21-9-3-6-18(21)23/h2,4-5,12,14H,3,6-11,13H2,1H3,(H,19,22). The maximum absolute atomic E-state index is 12.0. The Morgan fingerprint density at radius 2 is 2.08 bits per heavy atom. The minimum absolute atomic E-state index is 0.00371. The van der Waals surface area contributed by atoms with Gasteiger partial charge in [-0.1, -0.05) is 6.07 Å². The minimum atomic E-state index is -0.0906. The Morgan fingerprint density at radius 3 is 2.79 bits per heavy atom. The molecule has 2 heterocycles. The van der Waals surface area contributed by atoms with Gasteiger partial charge >= 0.3 is 0 Å². The molecule has 2 aliphatic heterocycles. The Labute approximate surface area is 142 Å². The van der Waals surface area contributed by atoms with Gasteiger partial charge in [-0.3, -0.25) is 9.59 Å². The first-order valence-corrected chi connectivity index (χ1v) is 8.63. The fraction of sp³-hybridized carbons (Fsp3) is 0.556. The molecular weight excluding hydrogens is 306 g/mol. The molecule has 1 N–H and O–H groups in total. The normalized spacial score (nSPS) is 19.5. The zero-order valence-corrected chi connectivity index (χ0v) is 14.2. The molecule has 0 spiro atoms. The van der Waals surface area contributed by atoms with Crippen LogP contribution in [-0.4, -0.2) is 56.0 Å². The third kappa shape index (κ3) is 4.26. The smallest absolute Gasteiger partial charge is 0.258 e. The second-order valence-corrected chi connectivity index (χ2v) is 6.58. The molecule has 2 amide bonds. The Bertz CT molecular complexity index is 597. The summed E-state index contributed by atoms with van der Waals surface area (Å²) in [7, 11) is 2.10. The highest BCUT2D eigenvalue weighted by atomic mass is 16.5. The van der Waals surface area contributed by atoms with Gasteiger partial charge in [0.15, 0.2) is 6.61 Å². The van der Waals surface area contributed by atoms with Crippen molar-refractivity contribution >= 4 is 17.5 Å². The molecule has 24 heavy (non-hydrogen) atoms. The number of nitrogens with zero attached hydrogens (tertiary/aromatic N) is 2. The summed E-state index contributed by atoms with van der Waals surface area (Å²) in [4.78, 5) is 27.9. The summed E-state index contributed by atoms with van der Waals surface area (Å²) in [6.07, 6.45) is 3.45. The summed E-state index contributed by atoms with van der Waals surface area (Å²) < 4.78 is 5.61. The van der Waals surface area contributed by atoms with E-state index in [0.717, 1.165) is 44.6 Å². The van der Waals surface area contributed by atoms with Crippen LogP contribution in [0.2, 0.25) is 0 Å². The lowest BCUT2D eigenvalue weighted by molar-refractivity contribution is -0.124. The average molecular weight is 331 g/mol. The van der Waals surface area contributed by atoms with Crippen LogP contribution in [0.4, 0.5) is 5.69 Å². The van der Waals surface area contributed by atoms with Crippen LogP contribution in [0.5, 0.6) is 5.75 Å². The Morgan fingerprint density at radius 1 is 1.29 bits per heavy atom. The van der Waals surface area contributed by atoms with Gasteiger partial charge in [0.05, 0.1) is 0 Å². The molecule has 2 fully saturated rings. The largest absolute Gasteiger partial charge is 0.484 e. The van der Waals surface area contributed by atoms with Gasteiger partial charge in [0, 0.05) is 30.8 Å². The zero-order valence-electron chi connectivity index (χ0n) is 14.2. The van der Waals surface area contributed by atoms with Gasteiger partial charge in [0.25, 0.3) is 5.91 Å². The van der Waals surface area contributed by atoms with E-state index in [0.29, 0.717) is 12.2 Å². The number of amides is 2. The van der Waals surface area contributed by atoms with E-state index in [1.165, 1.54) is 0 Å². The molecule has 0 aromatic heterocycles. The number of ether oxygens (including phenoxy) is 1. The van der Waals surface area contributed by atoms with Gasteiger partial charge in [-0.15, -0.1) is 0 Å². The number of piperidine rings is 1. The highest BCUT2D eigenvalue weighted by Crippen LogP contribution is 2.25. The van der Waals surface area contributed by atoms with E-state index in [1.54, 1.807) is 4.90 Å². The van der Waals surface area contributed by atoms with Crippen molar-refractivity contribution in [3.63, 3.8) is 0 Å². The van der Waals surface area contributed by atoms with Crippen LogP contribution in [0, 0.1) is 0 Å². The lowest BCUT2D eigenvalue weighted by Crippen LogP contribution is -2.44. The third-order valence-corrected chi connectivity index (χ3v) is 4.66. The van der Waals surface area contributed by atoms with Crippen molar-refractivity contribution in [3.8, 4) is 5.75 Å². The molecule has 130 valence electrons. The summed E-state index contributed by atoms with van der Waals surface area (Å²) in [5.41, 5.74) is 0.839. The number of carbonyl (C=O) groups is 2. The molecule has 3 rings (SSSR count). The molecule has 6 nitrogen and oxygen atoms in total. The van der Waals surface area contributed by atoms with Crippen molar-refractivity contribution in [2.45, 2.75) is 31.7 Å². The van der Waals surface area contributed by atoms with Crippen molar-refractivity contribution in [2.24, 2.45) is 0 Å². The number of benzene rings is 1. The van der Waals surface area contributed by atoms with Gasteiger partial charge in [-0.2, -0.15) is 0 Å². The second-order valence-electron chi connectivity index (χ2n) is 6.58. The maximum Gasteiger partial charge on any atom is 0.258 e. The van der Waals surface area contributed by atoms with Gasteiger partial charge in [0.1, 0.15) is 5.75 Å². The van der Waals surface area contributed by atoms with Crippen LogP contribution in [0.25, 0.3) is 0 Å². The molecule has 0 atom stereocenters. The lowest BCUT2D eigenvalue weighted by Gasteiger charge is -2.29. The molecule has 0 radical (unpaired) electrons. The second kappa shape index (κ2) is 7.66. The molecule has 2 aliphatic rings. The van der Waals surface area contributed by atoms with Crippen molar-refractivity contribution in [3.05, 3.63) is 24.3 Å². The number of nitrogens with one attached hydrogen (secondary N) is 1. The summed E-state index contributed by atoms with van der Waals surface area (Å²) in [6.45, 7) is 2.78. The van der Waals surface area contributed by atoms with Gasteiger partial charge in [0.2, 0.25) is 5.91 Å². The van der Waals surface area contributed by atoms with E-state index in [-0.39, 0.29) is 24.5 Å². The number of anilines is 1. The predicted molar refractivity (Wildman–Crippen MR) is 92.2 cm³/mol. The van der Waals surface area contributed by atoms with Crippen LogP contribution >= 0.6 is 0 Å². The van der Waals surface area contributed by atoms with Gasteiger partial charge in [-0.25, -0.2) is 0 Å². The van der Waals surface area contributed by atoms with Crippen LogP contribution in [0.15, 0.2) is 24.3 Å². The molecular formula is C18H25N3O3. The van der Waals surface area contributed by atoms with E-state index in [4.69, 9.17) is 4.74 Å². The predicted octanol–water partition coefficient (Wildman–Crippen LogP) is 1.40. The topological polar surface area (TPSA) is 61.9 Å². The third-order valence-electron chi connectivity index (χ3n) is 4.66. The van der Waals surface area contributed by atoms with Gasteiger partial charge < -0.3 is 19.9 Å². The molecule has 0 unspecified atom stereocenters. The van der Waals surface area contributed by atoms with E-state index >= 15 is 0 Å². The van der Waals surface area contributed by atoms with E-state index in [2.05, 4.69) is 17.3 Å². The fourth-order valence-corrected chi connectivity index (χ4v) is 3.23. The minimum Gasteiger partial charge on any atom is -0.484 e. The molecule has 2 saturated heterocycles. The first-order valence-electron chi connectivity index (χ1n) is 8.63. The number of carbonyl (C=O) groups excluding carboxylic acids is 2. The zero-order chi connectivity index (χ0) is 16.9. The fourth-order valence-electron chi connectivity index (χ4n) is 3.23. The van der Waals surface area contributed by atoms with Crippen molar-refractivity contribution < 1.29 is 14.3 Å². The molecule has 1 aromatic rings. The summed E-state index contributed by atoms with van der Waals surface area (Å²) in [5, 5.41) is 3.03. The quantitative estimate of drug-likeness (QED) is 0.886. The summed E-state index contributed by atoms with van der Waals surface area (Å²) >= 11 is 0. The maximum atomic E-state index is 12.0. The van der Waals surface area contributed by atoms with Crippen molar-refractivity contribution in [1.82, 2.24) is 10.2 Å². The monoisotopic (exact) mass is 331 g/mol. The first-order chi connectivity index (χ1) is 11.6. The molecule has 6 heteroatoms. The summed E-state index contributed by atoms with van der Waals surface area (Å²) in [5.74, 6) is 0.671. The molecule has 1 aromatic carbocycles. The number of hydrogen-bond donors (Lipinski definition) is 1. The van der Waals surface area contributed by atoms with Crippen LogP contribution in [0.3, 0.4) is 0 Å². The van der Waals surface area contributed by atoms with Crippen LogP contribution < -0.4 is 15.0 Å². The number of rotatable bonds is 5. The Hall–Kier alpha value is -2.08. The van der Waals surface area contributed by atoms with E-state index in [9.17, 15) is 9.59 Å². The van der Waals surface area contributed by atoms with E-state index < -0.39 is 0 Å². The molecule has 0 bridgehead atoms. The molecule has 0 aliphatic carbocycles. The number of hydrogen-bond acceptors (Lipinski definition) is 4. The highest BCUT2D eigenvalue weighted by molar-refractivity contribution is 5.95.